The Morgan fingerprint density at radius 1 is 1.31 bits per heavy atom. The molecule has 3 aliphatic rings. The molecule has 0 aliphatic carbocycles. The Kier molecular flexibility index (Phi) is 4.37. The Morgan fingerprint density at radius 2 is 2.14 bits per heavy atom. The highest BCUT2D eigenvalue weighted by molar-refractivity contribution is 5.78. The van der Waals surface area contributed by atoms with Crippen LogP contribution in [0.3, 0.4) is 0 Å². The number of carbonyl (C=O) groups excluding carboxylic acids is 1. The van der Waals surface area contributed by atoms with E-state index in [0.29, 0.717) is 39.2 Å². The summed E-state index contributed by atoms with van der Waals surface area (Å²) in [5, 5.41) is 0. The fourth-order valence-corrected chi connectivity index (χ4v) is 4.46. The van der Waals surface area contributed by atoms with Crippen molar-refractivity contribution in [1.82, 2.24) is 14.9 Å². The van der Waals surface area contributed by atoms with Gasteiger partial charge in [-0.2, -0.15) is 0 Å². The van der Waals surface area contributed by atoms with Crippen molar-refractivity contribution >= 4 is 11.6 Å². The summed E-state index contributed by atoms with van der Waals surface area (Å²) >= 11 is 0. The van der Waals surface area contributed by atoms with Gasteiger partial charge in [0.2, 0.25) is 11.8 Å². The number of hydrogen-bond acceptors (Lipinski definition) is 5. The van der Waals surface area contributed by atoms with E-state index in [1.807, 2.05) is 9.80 Å². The molecule has 5 rings (SSSR count). The molecule has 6 nitrogen and oxygen atoms in total. The monoisotopic (exact) mass is 400 g/mol. The van der Waals surface area contributed by atoms with Crippen molar-refractivity contribution in [3.8, 4) is 5.88 Å². The molecule has 0 unspecified atom stereocenters. The maximum atomic E-state index is 12.8. The molecule has 8 heteroatoms. The number of carbonyl (C=O) groups is 1. The van der Waals surface area contributed by atoms with Gasteiger partial charge in [0, 0.05) is 55.8 Å². The van der Waals surface area contributed by atoms with Crippen molar-refractivity contribution in [3.63, 3.8) is 0 Å². The fraction of sp³-hybridized carbons (Fsp3) is 0.476. The number of rotatable bonds is 4. The second kappa shape index (κ2) is 6.93. The smallest absolute Gasteiger partial charge is 0.280 e. The van der Waals surface area contributed by atoms with Gasteiger partial charge in [0.05, 0.1) is 18.8 Å². The number of pyridine rings is 2. The van der Waals surface area contributed by atoms with E-state index in [0.717, 1.165) is 29.2 Å². The Hall–Kier alpha value is -2.77. The van der Waals surface area contributed by atoms with Crippen LogP contribution in [-0.2, 0) is 24.3 Å². The molecular formula is C21H22F2N4O2. The topological polar surface area (TPSA) is 58.6 Å². The highest BCUT2D eigenvalue weighted by Gasteiger charge is 2.34. The van der Waals surface area contributed by atoms with E-state index in [1.165, 1.54) is 23.4 Å². The maximum Gasteiger partial charge on any atom is 0.280 e. The van der Waals surface area contributed by atoms with Crippen LogP contribution in [0.2, 0.25) is 0 Å². The van der Waals surface area contributed by atoms with E-state index in [2.05, 4.69) is 16.9 Å². The van der Waals surface area contributed by atoms with Gasteiger partial charge in [-0.1, -0.05) is 0 Å². The Morgan fingerprint density at radius 3 is 2.93 bits per heavy atom. The van der Waals surface area contributed by atoms with Crippen molar-refractivity contribution in [2.45, 2.75) is 39.3 Å². The van der Waals surface area contributed by atoms with E-state index < -0.39 is 6.43 Å². The van der Waals surface area contributed by atoms with Crippen molar-refractivity contribution < 1.29 is 18.3 Å². The lowest BCUT2D eigenvalue weighted by atomic mass is 9.95. The van der Waals surface area contributed by atoms with Crippen LogP contribution in [0.1, 0.15) is 40.9 Å². The van der Waals surface area contributed by atoms with E-state index in [4.69, 9.17) is 4.74 Å². The summed E-state index contributed by atoms with van der Waals surface area (Å²) in [4.78, 5) is 25.0. The van der Waals surface area contributed by atoms with Gasteiger partial charge in [-0.15, -0.1) is 0 Å². The number of ether oxygens (including phenoxy) is 1. The number of nitrogens with zero attached hydrogens (tertiary/aromatic N) is 4. The quantitative estimate of drug-likeness (QED) is 0.790. The molecule has 5 heterocycles. The normalized spacial score (nSPS) is 17.9. The largest absolute Gasteiger partial charge is 0.477 e. The molecule has 0 spiro atoms. The number of amides is 1. The second-order valence-corrected chi connectivity index (χ2v) is 8.01. The molecule has 1 fully saturated rings. The van der Waals surface area contributed by atoms with Gasteiger partial charge < -0.3 is 14.5 Å². The Balaban J connectivity index is 1.19. The summed E-state index contributed by atoms with van der Waals surface area (Å²) in [6.07, 6.45) is 0.184. The highest BCUT2D eigenvalue weighted by Crippen LogP contribution is 2.35. The van der Waals surface area contributed by atoms with E-state index in [-0.39, 0.29) is 17.5 Å². The van der Waals surface area contributed by atoms with Gasteiger partial charge >= 0.3 is 0 Å². The molecular weight excluding hydrogens is 378 g/mol. The average molecular weight is 400 g/mol. The average Bonchev–Trinajstić information content (AvgIpc) is 3.31. The molecule has 3 aliphatic heterocycles. The van der Waals surface area contributed by atoms with Gasteiger partial charge in [0.15, 0.2) is 0 Å². The number of halogens is 2. The molecule has 2 aromatic rings. The summed E-state index contributed by atoms with van der Waals surface area (Å²) in [6.45, 7) is 5.30. The number of aromatic nitrogens is 2. The lowest BCUT2D eigenvalue weighted by Gasteiger charge is -2.41. The Labute approximate surface area is 167 Å². The zero-order chi connectivity index (χ0) is 20.1. The van der Waals surface area contributed by atoms with Crippen molar-refractivity contribution in [1.29, 1.82) is 0 Å². The lowest BCUT2D eigenvalue weighted by Crippen LogP contribution is -2.48. The third-order valence-electron chi connectivity index (χ3n) is 6.16. The first-order valence-electron chi connectivity index (χ1n) is 9.90. The maximum absolute atomic E-state index is 12.8. The minimum atomic E-state index is -2.57. The highest BCUT2D eigenvalue weighted by atomic mass is 19.3. The van der Waals surface area contributed by atoms with Crippen LogP contribution in [-0.4, -0.2) is 40.5 Å². The molecule has 0 N–H and O–H groups in total. The molecule has 152 valence electrons. The van der Waals surface area contributed by atoms with Crippen molar-refractivity contribution in [2.75, 3.05) is 24.6 Å². The minimum Gasteiger partial charge on any atom is -0.477 e. The molecule has 1 saturated heterocycles. The van der Waals surface area contributed by atoms with Crippen LogP contribution in [0.25, 0.3) is 0 Å². The van der Waals surface area contributed by atoms with Gasteiger partial charge in [0.25, 0.3) is 6.43 Å². The van der Waals surface area contributed by atoms with Gasteiger partial charge in [0.1, 0.15) is 5.69 Å². The summed E-state index contributed by atoms with van der Waals surface area (Å²) in [7, 11) is 0. The molecule has 29 heavy (non-hydrogen) atoms. The van der Waals surface area contributed by atoms with Crippen LogP contribution in [0, 0.1) is 12.8 Å². The molecule has 0 bridgehead atoms. The van der Waals surface area contributed by atoms with Crippen LogP contribution in [0.4, 0.5) is 14.5 Å². The zero-order valence-electron chi connectivity index (χ0n) is 16.2. The lowest BCUT2D eigenvalue weighted by molar-refractivity contribution is -0.133. The van der Waals surface area contributed by atoms with Crippen LogP contribution in [0.15, 0.2) is 18.3 Å². The van der Waals surface area contributed by atoms with Crippen LogP contribution in [0.5, 0.6) is 5.88 Å². The first kappa shape index (κ1) is 18.3. The fourth-order valence-electron chi connectivity index (χ4n) is 4.46. The SMILES string of the molecule is Cc1c2c(nc3c1CCO3)CN(C(=O)CC1CN(c3ccnc(C(F)F)c3)C1)C2. The first-order chi connectivity index (χ1) is 14.0. The summed E-state index contributed by atoms with van der Waals surface area (Å²) < 4.78 is 31.3. The molecule has 0 atom stereocenters. The van der Waals surface area contributed by atoms with E-state index >= 15 is 0 Å². The predicted molar refractivity (Wildman–Crippen MR) is 102 cm³/mol. The van der Waals surface area contributed by atoms with Crippen LogP contribution >= 0.6 is 0 Å². The Bertz CT molecular complexity index is 975. The zero-order valence-corrected chi connectivity index (χ0v) is 16.2. The van der Waals surface area contributed by atoms with Gasteiger partial charge in [-0.25, -0.2) is 13.8 Å². The second-order valence-electron chi connectivity index (χ2n) is 8.01. The van der Waals surface area contributed by atoms with Crippen LogP contribution < -0.4 is 9.64 Å². The summed E-state index contributed by atoms with van der Waals surface area (Å²) in [6, 6.07) is 3.16. The van der Waals surface area contributed by atoms with E-state index in [9.17, 15) is 13.6 Å². The van der Waals surface area contributed by atoms with Crippen molar-refractivity contribution in [2.24, 2.45) is 5.92 Å². The number of alkyl halides is 2. The van der Waals surface area contributed by atoms with Gasteiger partial charge in [-0.05, 0) is 30.2 Å². The van der Waals surface area contributed by atoms with Gasteiger partial charge in [-0.3, -0.25) is 9.78 Å². The molecule has 0 aromatic carbocycles. The first-order valence-corrected chi connectivity index (χ1v) is 9.90. The van der Waals surface area contributed by atoms with Crippen molar-refractivity contribution in [3.05, 3.63) is 46.4 Å². The summed E-state index contributed by atoms with van der Waals surface area (Å²) in [5.41, 5.74) is 5.02. The van der Waals surface area contributed by atoms with E-state index in [1.54, 1.807) is 6.07 Å². The molecule has 0 saturated carbocycles. The number of anilines is 1. The molecule has 1 amide bonds. The third-order valence-corrected chi connectivity index (χ3v) is 6.16. The predicted octanol–water partition coefficient (Wildman–Crippen LogP) is 3.03. The summed E-state index contributed by atoms with van der Waals surface area (Å²) in [5.74, 6) is 1.08. The third kappa shape index (κ3) is 3.20. The molecule has 2 aromatic heterocycles. The number of fused-ring (bicyclic) bond motifs is 2. The minimum absolute atomic E-state index is 0.121. The standard InChI is InChI=1S/C21H22F2N4O2/c1-12-15-3-5-29-21(15)25-18-11-27(10-16(12)18)19(28)6-13-8-26(9-13)14-2-4-24-17(7-14)20(22)23/h2,4,7,13,20H,3,5-6,8-11H2,1H3. The molecule has 0 radical (unpaired) electrons. The number of hydrogen-bond donors (Lipinski definition) is 0.